The molecule has 2 aliphatic rings. The molecule has 0 radical (unpaired) electrons. The van der Waals surface area contributed by atoms with Gasteiger partial charge in [-0.05, 0) is 36.2 Å². The number of amides is 1. The second kappa shape index (κ2) is 7.03. The van der Waals surface area contributed by atoms with Gasteiger partial charge in [0.1, 0.15) is 11.3 Å². The maximum Gasteiger partial charge on any atom is 0.279 e. The Morgan fingerprint density at radius 2 is 2.04 bits per heavy atom. The van der Waals surface area contributed by atoms with E-state index in [-0.39, 0.29) is 5.91 Å². The van der Waals surface area contributed by atoms with E-state index >= 15 is 0 Å². The number of carbonyl (C=O) groups is 1. The molecule has 1 aromatic heterocycles. The van der Waals surface area contributed by atoms with Gasteiger partial charge in [-0.15, -0.1) is 0 Å². The second-order valence-corrected chi connectivity index (χ2v) is 8.86. The molecule has 1 amide bonds. The summed E-state index contributed by atoms with van der Waals surface area (Å²) < 4.78 is 6.94. The molecule has 0 N–H and O–H groups in total. The van der Waals surface area contributed by atoms with Gasteiger partial charge in [-0.2, -0.15) is 0 Å². The fourth-order valence-electron chi connectivity index (χ4n) is 4.27. The van der Waals surface area contributed by atoms with Crippen molar-refractivity contribution >= 4 is 39.1 Å². The van der Waals surface area contributed by atoms with Crippen LogP contribution in [-0.4, -0.2) is 45.9 Å². The molecule has 3 aromatic rings. The zero-order chi connectivity index (χ0) is 19.3. The molecular formula is C21H20ClN3O2S. The zero-order valence-electron chi connectivity index (χ0n) is 15.5. The minimum absolute atomic E-state index is 0.199. The quantitative estimate of drug-likeness (QED) is 0.629. The van der Waals surface area contributed by atoms with E-state index in [1.807, 2.05) is 35.2 Å². The highest BCUT2D eigenvalue weighted by molar-refractivity contribution is 7.20. The van der Waals surface area contributed by atoms with Gasteiger partial charge in [0, 0.05) is 38.6 Å². The molecular weight excluding hydrogens is 394 g/mol. The summed E-state index contributed by atoms with van der Waals surface area (Å²) in [4.78, 5) is 20.6. The monoisotopic (exact) mass is 413 g/mol. The number of aromatic nitrogens is 1. The van der Waals surface area contributed by atoms with Crippen molar-refractivity contribution in [3.63, 3.8) is 0 Å². The molecule has 2 fully saturated rings. The Morgan fingerprint density at radius 1 is 1.21 bits per heavy atom. The molecule has 0 aliphatic carbocycles. The van der Waals surface area contributed by atoms with Crippen LogP contribution in [0.15, 0.2) is 42.5 Å². The lowest BCUT2D eigenvalue weighted by atomic mass is 10.2. The van der Waals surface area contributed by atoms with Crippen molar-refractivity contribution in [2.45, 2.75) is 32.0 Å². The molecule has 2 unspecified atom stereocenters. The van der Waals surface area contributed by atoms with E-state index in [0.29, 0.717) is 22.3 Å². The van der Waals surface area contributed by atoms with E-state index in [2.05, 4.69) is 22.0 Å². The standard InChI is InChI=1S/C21H20ClN3O2S/c1-13(26)25-12-15-9-16(25)11-24(15)10-14-5-7-17(8-6-14)27-21-23-20-18(22)3-2-4-19(20)28-21/h2-8,15-16H,9-12H2,1H3. The van der Waals surface area contributed by atoms with Crippen LogP contribution in [0.1, 0.15) is 18.9 Å². The predicted octanol–water partition coefficient (Wildman–Crippen LogP) is 4.55. The molecule has 2 saturated heterocycles. The number of hydrogen-bond acceptors (Lipinski definition) is 5. The first kappa shape index (κ1) is 17.9. The van der Waals surface area contributed by atoms with Crippen LogP contribution in [-0.2, 0) is 11.3 Å². The maximum absolute atomic E-state index is 11.6. The average Bonchev–Trinajstić information content (AvgIpc) is 3.37. The third-order valence-electron chi connectivity index (χ3n) is 5.62. The molecule has 0 saturated carbocycles. The number of halogens is 1. The average molecular weight is 414 g/mol. The highest BCUT2D eigenvalue weighted by Crippen LogP contribution is 2.35. The van der Waals surface area contributed by atoms with Gasteiger partial charge < -0.3 is 9.64 Å². The Bertz CT molecular complexity index is 1040. The van der Waals surface area contributed by atoms with Crippen molar-refractivity contribution in [3.8, 4) is 10.9 Å². The van der Waals surface area contributed by atoms with Crippen LogP contribution in [0.5, 0.6) is 10.9 Å². The Kier molecular flexibility index (Phi) is 4.50. The maximum atomic E-state index is 11.6. The Balaban J connectivity index is 1.24. The molecule has 0 spiro atoms. The summed E-state index contributed by atoms with van der Waals surface area (Å²) in [6.45, 7) is 4.41. The van der Waals surface area contributed by atoms with Crippen LogP contribution < -0.4 is 4.74 Å². The summed E-state index contributed by atoms with van der Waals surface area (Å²) >= 11 is 7.68. The first-order valence-electron chi connectivity index (χ1n) is 9.40. The molecule has 7 heteroatoms. The molecule has 3 heterocycles. The predicted molar refractivity (Wildman–Crippen MR) is 111 cm³/mol. The topological polar surface area (TPSA) is 45.7 Å². The van der Waals surface area contributed by atoms with Crippen LogP contribution >= 0.6 is 22.9 Å². The number of hydrogen-bond donors (Lipinski definition) is 0. The van der Waals surface area contributed by atoms with E-state index in [9.17, 15) is 4.79 Å². The van der Waals surface area contributed by atoms with Crippen molar-refractivity contribution < 1.29 is 9.53 Å². The normalized spacial score (nSPS) is 21.6. The Hall–Kier alpha value is -2.15. The van der Waals surface area contributed by atoms with E-state index in [1.165, 1.54) is 16.9 Å². The van der Waals surface area contributed by atoms with Gasteiger partial charge in [0.05, 0.1) is 9.72 Å². The van der Waals surface area contributed by atoms with Gasteiger partial charge in [-0.1, -0.05) is 41.1 Å². The number of para-hydroxylation sites is 1. The number of nitrogens with zero attached hydrogens (tertiary/aromatic N) is 3. The Morgan fingerprint density at radius 3 is 2.71 bits per heavy atom. The van der Waals surface area contributed by atoms with Gasteiger partial charge in [0.15, 0.2) is 0 Å². The van der Waals surface area contributed by atoms with E-state index in [0.717, 1.165) is 42.0 Å². The van der Waals surface area contributed by atoms with Gasteiger partial charge >= 0.3 is 0 Å². The van der Waals surface area contributed by atoms with Crippen molar-refractivity contribution in [1.82, 2.24) is 14.8 Å². The molecule has 28 heavy (non-hydrogen) atoms. The van der Waals surface area contributed by atoms with Crippen LogP contribution in [0.4, 0.5) is 0 Å². The summed E-state index contributed by atoms with van der Waals surface area (Å²) in [5, 5.41) is 1.24. The van der Waals surface area contributed by atoms with E-state index < -0.39 is 0 Å². The summed E-state index contributed by atoms with van der Waals surface area (Å²) in [5.41, 5.74) is 2.03. The first-order chi connectivity index (χ1) is 13.6. The van der Waals surface area contributed by atoms with Crippen molar-refractivity contribution in [1.29, 1.82) is 0 Å². The second-order valence-electron chi connectivity index (χ2n) is 7.46. The van der Waals surface area contributed by atoms with Crippen molar-refractivity contribution in [3.05, 3.63) is 53.1 Å². The van der Waals surface area contributed by atoms with Gasteiger partial charge in [-0.3, -0.25) is 9.69 Å². The number of rotatable bonds is 4. The highest BCUT2D eigenvalue weighted by Gasteiger charge is 2.43. The zero-order valence-corrected chi connectivity index (χ0v) is 17.0. The minimum Gasteiger partial charge on any atom is -0.431 e. The SMILES string of the molecule is CC(=O)N1CC2CC1CN2Cc1ccc(Oc2nc3c(Cl)cccc3s2)cc1. The van der Waals surface area contributed by atoms with Crippen LogP contribution in [0.3, 0.4) is 0 Å². The summed E-state index contributed by atoms with van der Waals surface area (Å²) in [5.74, 6) is 0.967. The third-order valence-corrected chi connectivity index (χ3v) is 6.83. The number of carbonyl (C=O) groups excluding carboxylic acids is 1. The number of piperazine rings is 1. The van der Waals surface area contributed by atoms with Gasteiger partial charge in [0.2, 0.25) is 5.91 Å². The van der Waals surface area contributed by atoms with E-state index in [1.54, 1.807) is 6.92 Å². The molecule has 5 rings (SSSR count). The van der Waals surface area contributed by atoms with E-state index in [4.69, 9.17) is 16.3 Å². The third kappa shape index (κ3) is 3.26. The number of thiazole rings is 1. The lowest BCUT2D eigenvalue weighted by Gasteiger charge is -2.33. The van der Waals surface area contributed by atoms with Crippen molar-refractivity contribution in [2.24, 2.45) is 0 Å². The molecule has 2 atom stereocenters. The lowest BCUT2D eigenvalue weighted by molar-refractivity contribution is -0.131. The Labute approximate surface area is 172 Å². The number of likely N-dealkylation sites (tertiary alicyclic amines) is 2. The molecule has 2 bridgehead atoms. The largest absolute Gasteiger partial charge is 0.431 e. The van der Waals surface area contributed by atoms with Crippen LogP contribution in [0.2, 0.25) is 5.02 Å². The molecule has 2 aliphatic heterocycles. The number of benzene rings is 2. The fraction of sp³-hybridized carbons (Fsp3) is 0.333. The summed E-state index contributed by atoms with van der Waals surface area (Å²) in [6, 6.07) is 14.8. The van der Waals surface area contributed by atoms with Gasteiger partial charge in [-0.25, -0.2) is 4.98 Å². The van der Waals surface area contributed by atoms with Gasteiger partial charge in [0.25, 0.3) is 5.19 Å². The minimum atomic E-state index is 0.199. The van der Waals surface area contributed by atoms with Crippen LogP contribution in [0.25, 0.3) is 10.2 Å². The van der Waals surface area contributed by atoms with Crippen molar-refractivity contribution in [2.75, 3.05) is 13.1 Å². The fourth-order valence-corrected chi connectivity index (χ4v) is 5.40. The molecule has 5 nitrogen and oxygen atoms in total. The smallest absolute Gasteiger partial charge is 0.279 e. The first-order valence-corrected chi connectivity index (χ1v) is 10.6. The molecule has 2 aromatic carbocycles. The summed E-state index contributed by atoms with van der Waals surface area (Å²) in [7, 11) is 0. The number of ether oxygens (including phenoxy) is 1. The van der Waals surface area contributed by atoms with Crippen LogP contribution in [0, 0.1) is 0 Å². The molecule has 144 valence electrons. The number of fused-ring (bicyclic) bond motifs is 3. The highest BCUT2D eigenvalue weighted by atomic mass is 35.5. The summed E-state index contributed by atoms with van der Waals surface area (Å²) in [6.07, 6.45) is 1.10. The lowest BCUT2D eigenvalue weighted by Crippen LogP contribution is -2.47.